The lowest BCUT2D eigenvalue weighted by Gasteiger charge is -2.62. The number of nitrogens with two attached hydrogens (primary N) is 2. The van der Waals surface area contributed by atoms with E-state index >= 15 is 0 Å². The third-order valence-corrected chi connectivity index (χ3v) is 7.74. The van der Waals surface area contributed by atoms with Crippen molar-refractivity contribution in [3.05, 3.63) is 35.1 Å². The Balaban J connectivity index is 0.00000152. The Hall–Kier alpha value is -1.75. The molecular weight excluding hydrogens is 533 g/mol. The lowest BCUT2D eigenvalue weighted by molar-refractivity contribution is -0.206. The predicted molar refractivity (Wildman–Crippen MR) is 141 cm³/mol. The van der Waals surface area contributed by atoms with E-state index in [4.69, 9.17) is 30.4 Å². The zero-order chi connectivity index (χ0) is 23.4. The first-order valence-electron chi connectivity index (χ1n) is 11.5. The van der Waals surface area contributed by atoms with E-state index in [0.717, 1.165) is 17.7 Å². The van der Waals surface area contributed by atoms with E-state index in [9.17, 15) is 9.59 Å². The maximum absolute atomic E-state index is 12.9. The van der Waals surface area contributed by atoms with E-state index in [1.54, 1.807) is 7.11 Å². The van der Waals surface area contributed by atoms with Crippen LogP contribution in [0.1, 0.15) is 36.8 Å². The Morgan fingerprint density at radius 3 is 2.50 bits per heavy atom. The Kier molecular flexibility index (Phi) is 9.59. The molecule has 1 saturated heterocycles. The number of hydrogen-bond donors (Lipinski definition) is 2. The van der Waals surface area contributed by atoms with Crippen molar-refractivity contribution in [3.8, 4) is 11.5 Å². The van der Waals surface area contributed by atoms with Gasteiger partial charge < -0.3 is 30.4 Å². The van der Waals surface area contributed by atoms with E-state index in [-0.39, 0.29) is 75.2 Å². The molecule has 202 valence electrons. The molecule has 2 aliphatic carbocycles. The van der Waals surface area contributed by atoms with Crippen molar-refractivity contribution < 1.29 is 28.5 Å². The maximum Gasteiger partial charge on any atom is 0.312 e. The molecule has 0 amide bonds. The fourth-order valence-electron chi connectivity index (χ4n) is 6.43. The smallest absolute Gasteiger partial charge is 0.312 e. The summed E-state index contributed by atoms with van der Waals surface area (Å²) in [7, 11) is 3.67. The second-order valence-electron chi connectivity index (χ2n) is 9.28. The molecular formula is C24H34Cl3N3O6. The molecule has 36 heavy (non-hydrogen) atoms. The fourth-order valence-corrected chi connectivity index (χ4v) is 6.43. The van der Waals surface area contributed by atoms with Gasteiger partial charge in [-0.25, -0.2) is 0 Å². The average molecular weight is 567 g/mol. The summed E-state index contributed by atoms with van der Waals surface area (Å²) in [5.41, 5.74) is 11.8. The Labute approximate surface area is 229 Å². The third-order valence-electron chi connectivity index (χ3n) is 7.74. The number of rotatable bonds is 7. The number of likely N-dealkylation sites (tertiary alicyclic amines) is 1. The molecule has 0 unspecified atom stereocenters. The van der Waals surface area contributed by atoms with E-state index in [2.05, 4.69) is 18.0 Å². The normalized spacial score (nSPS) is 28.6. The van der Waals surface area contributed by atoms with Crippen molar-refractivity contribution in [2.45, 2.75) is 55.3 Å². The lowest BCUT2D eigenvalue weighted by Crippen LogP contribution is -2.75. The summed E-state index contributed by atoms with van der Waals surface area (Å²) < 4.78 is 24.4. The molecule has 9 nitrogen and oxygen atoms in total. The summed E-state index contributed by atoms with van der Waals surface area (Å²) in [6.45, 7) is 1.21. The number of piperidine rings is 1. The molecule has 0 radical (unpaired) electrons. The highest BCUT2D eigenvalue weighted by Gasteiger charge is 2.74. The van der Waals surface area contributed by atoms with Crippen molar-refractivity contribution in [2.75, 3.05) is 33.8 Å². The molecule has 12 heteroatoms. The van der Waals surface area contributed by atoms with Gasteiger partial charge in [0.25, 0.3) is 0 Å². The van der Waals surface area contributed by atoms with Crippen molar-refractivity contribution in [1.82, 2.24) is 4.90 Å². The lowest BCUT2D eigenvalue weighted by atomic mass is 9.50. The molecule has 2 heterocycles. The largest absolute Gasteiger partial charge is 0.493 e. The number of hydrogen-bond acceptors (Lipinski definition) is 9. The number of methoxy groups -OCH3 is 1. The highest BCUT2D eigenvalue weighted by molar-refractivity contribution is 5.86. The third kappa shape index (κ3) is 4.14. The molecule has 2 aliphatic heterocycles. The van der Waals surface area contributed by atoms with Crippen molar-refractivity contribution in [1.29, 1.82) is 0 Å². The second-order valence-corrected chi connectivity index (χ2v) is 9.28. The molecule has 1 spiro atoms. The number of ether oxygens (including phenoxy) is 4. The van der Waals surface area contributed by atoms with Crippen LogP contribution in [0, 0.1) is 0 Å². The molecule has 4 N–H and O–H groups in total. The monoisotopic (exact) mass is 565 g/mol. The van der Waals surface area contributed by atoms with Gasteiger partial charge >= 0.3 is 11.9 Å². The first-order valence-corrected chi connectivity index (χ1v) is 11.5. The van der Waals surface area contributed by atoms with Crippen LogP contribution < -0.4 is 20.9 Å². The minimum absolute atomic E-state index is 0. The van der Waals surface area contributed by atoms with Gasteiger partial charge in [0, 0.05) is 25.1 Å². The van der Waals surface area contributed by atoms with Gasteiger partial charge in [0.05, 0.1) is 31.4 Å². The number of carbonyl (C=O) groups excluding carboxylic acids is 2. The summed E-state index contributed by atoms with van der Waals surface area (Å²) in [6, 6.07) is 3.93. The number of carbonyl (C=O) groups is 2. The number of halogens is 3. The van der Waals surface area contributed by atoms with Gasteiger partial charge in [0.2, 0.25) is 0 Å². The minimum Gasteiger partial charge on any atom is -0.493 e. The van der Waals surface area contributed by atoms with Gasteiger partial charge in [0.1, 0.15) is 11.4 Å². The van der Waals surface area contributed by atoms with Gasteiger partial charge in [-0.1, -0.05) is 6.07 Å². The summed E-state index contributed by atoms with van der Waals surface area (Å²) in [5.74, 6) is 0.982. The first kappa shape index (κ1) is 30.5. The Morgan fingerprint density at radius 2 is 1.83 bits per heavy atom. The molecule has 1 aromatic carbocycles. The predicted octanol–water partition coefficient (Wildman–Crippen LogP) is 2.03. The summed E-state index contributed by atoms with van der Waals surface area (Å²) in [5, 5.41) is 0. The highest BCUT2D eigenvalue weighted by Crippen LogP contribution is 2.66. The van der Waals surface area contributed by atoms with Gasteiger partial charge in [-0.2, -0.15) is 0 Å². The number of esters is 2. The minimum atomic E-state index is -0.870. The van der Waals surface area contributed by atoms with Crippen molar-refractivity contribution in [3.63, 3.8) is 0 Å². The molecule has 1 aromatic rings. The highest BCUT2D eigenvalue weighted by atomic mass is 35.5. The molecule has 4 aliphatic rings. The van der Waals surface area contributed by atoms with Crippen LogP contribution in [0.15, 0.2) is 24.0 Å². The van der Waals surface area contributed by atoms with Crippen LogP contribution in [0.4, 0.5) is 0 Å². The van der Waals surface area contributed by atoms with Crippen LogP contribution in [0.2, 0.25) is 0 Å². The standard InChI is InChI=1S/C24H31N3O6.3ClH/c1-27-12-9-23-20-14-3-4-15(30-2)21(20)32-22(23)16(31-18(28)6-10-25)5-8-24(23,17(27)13-14)33-19(29)7-11-26;;;/h3-5,17,22H,6-13,25-26H2,1-2H3;3*1H/t17-,22+,23+,24-;;;/m1.../s1. The Morgan fingerprint density at radius 1 is 1.14 bits per heavy atom. The first-order chi connectivity index (χ1) is 15.9. The average Bonchev–Trinajstić information content (AvgIpc) is 3.14. The van der Waals surface area contributed by atoms with Crippen LogP contribution in [-0.2, 0) is 30.9 Å². The van der Waals surface area contributed by atoms with Gasteiger partial charge in [0.15, 0.2) is 17.6 Å². The molecule has 1 fully saturated rings. The molecule has 4 atom stereocenters. The van der Waals surface area contributed by atoms with E-state index in [0.29, 0.717) is 36.5 Å². The van der Waals surface area contributed by atoms with Crippen LogP contribution in [0.3, 0.4) is 0 Å². The van der Waals surface area contributed by atoms with Crippen LogP contribution in [-0.4, -0.2) is 68.4 Å². The molecule has 0 saturated carbocycles. The number of benzene rings is 1. The Bertz CT molecular complexity index is 1040. The molecule has 2 bridgehead atoms. The summed E-state index contributed by atoms with van der Waals surface area (Å²) in [4.78, 5) is 27.6. The molecule has 0 aromatic heterocycles. The molecule has 5 rings (SSSR count). The second kappa shape index (κ2) is 11.3. The fraction of sp³-hybridized carbons (Fsp3) is 0.583. The van der Waals surface area contributed by atoms with Gasteiger partial charge in [-0.3, -0.25) is 14.5 Å². The van der Waals surface area contributed by atoms with Crippen LogP contribution >= 0.6 is 37.2 Å². The SMILES string of the molecule is COc1ccc2c3c1O[C@H]1C(OC(=O)CCN)=CC[C@@]4(OC(=O)CCN)[C@@H](C2)N(C)CC[C@]314.Cl.Cl.Cl. The maximum atomic E-state index is 12.9. The zero-order valence-electron chi connectivity index (χ0n) is 20.3. The van der Waals surface area contributed by atoms with Crippen molar-refractivity contribution in [2.24, 2.45) is 11.5 Å². The topological polar surface area (TPSA) is 126 Å². The van der Waals surface area contributed by atoms with Gasteiger partial charge in [-0.15, -0.1) is 37.2 Å². The van der Waals surface area contributed by atoms with Crippen molar-refractivity contribution >= 4 is 49.2 Å². The van der Waals surface area contributed by atoms with E-state index in [1.165, 1.54) is 0 Å². The number of nitrogens with zero attached hydrogens (tertiary/aromatic N) is 1. The summed E-state index contributed by atoms with van der Waals surface area (Å²) >= 11 is 0. The van der Waals surface area contributed by atoms with E-state index in [1.807, 2.05) is 12.1 Å². The van der Waals surface area contributed by atoms with Crippen LogP contribution in [0.5, 0.6) is 11.5 Å². The summed E-state index contributed by atoms with van der Waals surface area (Å²) in [6.07, 6.45) is 3.30. The number of likely N-dealkylation sites (N-methyl/N-ethyl adjacent to an activating group) is 1. The van der Waals surface area contributed by atoms with E-state index < -0.39 is 23.1 Å². The van der Waals surface area contributed by atoms with Crippen LogP contribution in [0.25, 0.3) is 0 Å². The zero-order valence-corrected chi connectivity index (χ0v) is 22.8. The van der Waals surface area contributed by atoms with Gasteiger partial charge in [-0.05, 0) is 44.1 Å². The quantitative estimate of drug-likeness (QED) is 0.477.